The zero-order valence-electron chi connectivity index (χ0n) is 15.8. The highest BCUT2D eigenvalue weighted by molar-refractivity contribution is 5.80. The number of hydrogen-bond acceptors (Lipinski definition) is 5. The Hall–Kier alpha value is -3.15. The van der Waals surface area contributed by atoms with E-state index in [0.29, 0.717) is 23.9 Å². The maximum Gasteiger partial charge on any atom is 0.263 e. The second-order valence-corrected chi connectivity index (χ2v) is 6.40. The van der Waals surface area contributed by atoms with Crippen molar-refractivity contribution in [2.45, 2.75) is 32.9 Å². The van der Waals surface area contributed by atoms with Crippen LogP contribution in [0.4, 0.5) is 0 Å². The average Bonchev–Trinajstić information content (AvgIpc) is 3.16. The summed E-state index contributed by atoms with van der Waals surface area (Å²) in [5.41, 5.74) is 2.01. The Kier molecular flexibility index (Phi) is 5.86. The average molecular weight is 365 g/mol. The summed E-state index contributed by atoms with van der Waals surface area (Å²) in [5, 5.41) is 3.98. The van der Waals surface area contributed by atoms with E-state index in [0.717, 1.165) is 11.1 Å². The number of nitrogens with zero attached hydrogens (tertiary/aromatic N) is 3. The van der Waals surface area contributed by atoms with Crippen LogP contribution in [0.25, 0.3) is 11.4 Å². The van der Waals surface area contributed by atoms with Crippen LogP contribution in [-0.2, 0) is 11.3 Å². The lowest BCUT2D eigenvalue weighted by Crippen LogP contribution is -2.39. The molecule has 0 bridgehead atoms. The molecule has 0 radical (unpaired) electrons. The molecule has 0 aliphatic carbocycles. The molecule has 1 aromatic heterocycles. The molecular weight excluding hydrogens is 342 g/mol. The van der Waals surface area contributed by atoms with Gasteiger partial charge in [0.05, 0.1) is 6.54 Å². The number of benzene rings is 2. The number of carbonyl (C=O) groups is 1. The van der Waals surface area contributed by atoms with Gasteiger partial charge in [-0.25, -0.2) is 0 Å². The van der Waals surface area contributed by atoms with Crippen molar-refractivity contribution >= 4 is 5.91 Å². The summed E-state index contributed by atoms with van der Waals surface area (Å²) in [4.78, 5) is 18.7. The summed E-state index contributed by atoms with van der Waals surface area (Å²) < 4.78 is 11.1. The van der Waals surface area contributed by atoms with Crippen LogP contribution in [0, 0.1) is 6.92 Å². The summed E-state index contributed by atoms with van der Waals surface area (Å²) in [7, 11) is 1.70. The van der Waals surface area contributed by atoms with Gasteiger partial charge in [-0.1, -0.05) is 60.1 Å². The summed E-state index contributed by atoms with van der Waals surface area (Å²) in [6.45, 7) is 4.16. The van der Waals surface area contributed by atoms with E-state index in [1.807, 2.05) is 68.4 Å². The van der Waals surface area contributed by atoms with Crippen molar-refractivity contribution in [3.8, 4) is 17.1 Å². The molecule has 6 heteroatoms. The van der Waals surface area contributed by atoms with Crippen molar-refractivity contribution in [2.24, 2.45) is 0 Å². The third kappa shape index (κ3) is 4.73. The molecule has 6 nitrogen and oxygen atoms in total. The molecule has 0 saturated heterocycles. The van der Waals surface area contributed by atoms with E-state index in [9.17, 15) is 4.79 Å². The van der Waals surface area contributed by atoms with E-state index < -0.39 is 6.10 Å². The van der Waals surface area contributed by atoms with Crippen molar-refractivity contribution in [2.75, 3.05) is 7.05 Å². The van der Waals surface area contributed by atoms with Gasteiger partial charge in [-0.2, -0.15) is 4.98 Å². The number of likely N-dealkylation sites (N-methyl/N-ethyl adjacent to an activating group) is 1. The Morgan fingerprint density at radius 2 is 1.85 bits per heavy atom. The predicted molar refractivity (Wildman–Crippen MR) is 102 cm³/mol. The first-order valence-corrected chi connectivity index (χ1v) is 8.93. The number of carbonyl (C=O) groups excluding carboxylic acids is 1. The van der Waals surface area contributed by atoms with Crippen LogP contribution in [0.2, 0.25) is 0 Å². The van der Waals surface area contributed by atoms with E-state index in [-0.39, 0.29) is 12.5 Å². The summed E-state index contributed by atoms with van der Waals surface area (Å²) >= 11 is 0. The minimum Gasteiger partial charge on any atom is -0.481 e. The van der Waals surface area contributed by atoms with Crippen LogP contribution in [0.15, 0.2) is 59.1 Å². The van der Waals surface area contributed by atoms with Crippen molar-refractivity contribution in [3.63, 3.8) is 0 Å². The van der Waals surface area contributed by atoms with E-state index in [1.54, 1.807) is 11.9 Å². The molecule has 0 aliphatic heterocycles. The number of ether oxygens (including phenoxy) is 1. The quantitative estimate of drug-likeness (QED) is 0.636. The van der Waals surface area contributed by atoms with Crippen LogP contribution in [0.1, 0.15) is 24.8 Å². The van der Waals surface area contributed by atoms with Gasteiger partial charge in [0.15, 0.2) is 6.10 Å². The van der Waals surface area contributed by atoms with Crippen LogP contribution in [0.3, 0.4) is 0 Å². The molecule has 3 aromatic rings. The molecule has 0 saturated carbocycles. The van der Waals surface area contributed by atoms with E-state index in [1.165, 1.54) is 0 Å². The fourth-order valence-corrected chi connectivity index (χ4v) is 2.64. The van der Waals surface area contributed by atoms with Gasteiger partial charge in [-0.3, -0.25) is 4.79 Å². The highest BCUT2D eigenvalue weighted by atomic mass is 16.5. The maximum atomic E-state index is 12.7. The number of aromatic nitrogens is 2. The van der Waals surface area contributed by atoms with E-state index >= 15 is 0 Å². The number of aryl methyl sites for hydroxylation is 1. The van der Waals surface area contributed by atoms with Crippen LogP contribution < -0.4 is 4.74 Å². The molecule has 1 amide bonds. The molecule has 0 spiro atoms. The smallest absolute Gasteiger partial charge is 0.263 e. The van der Waals surface area contributed by atoms with Gasteiger partial charge in [0.25, 0.3) is 5.91 Å². The summed E-state index contributed by atoms with van der Waals surface area (Å²) in [5.74, 6) is 1.44. The number of amides is 1. The van der Waals surface area contributed by atoms with Crippen molar-refractivity contribution < 1.29 is 14.1 Å². The van der Waals surface area contributed by atoms with Gasteiger partial charge < -0.3 is 14.2 Å². The van der Waals surface area contributed by atoms with E-state index in [4.69, 9.17) is 9.26 Å². The normalized spacial score (nSPS) is 11.8. The molecular formula is C21H23N3O3. The first-order valence-electron chi connectivity index (χ1n) is 8.93. The molecule has 0 unspecified atom stereocenters. The molecule has 1 atom stereocenters. The summed E-state index contributed by atoms with van der Waals surface area (Å²) in [6, 6.07) is 17.2. The molecule has 0 fully saturated rings. The van der Waals surface area contributed by atoms with Crippen molar-refractivity contribution in [1.29, 1.82) is 0 Å². The zero-order chi connectivity index (χ0) is 19.2. The first kappa shape index (κ1) is 18.6. The Labute approximate surface area is 158 Å². The molecule has 2 aromatic carbocycles. The molecule has 0 N–H and O–H groups in total. The molecule has 140 valence electrons. The fourth-order valence-electron chi connectivity index (χ4n) is 2.64. The molecule has 27 heavy (non-hydrogen) atoms. The third-order valence-electron chi connectivity index (χ3n) is 4.19. The van der Waals surface area contributed by atoms with Gasteiger partial charge >= 0.3 is 0 Å². The van der Waals surface area contributed by atoms with Crippen LogP contribution in [0.5, 0.6) is 5.75 Å². The highest BCUT2D eigenvalue weighted by Crippen LogP contribution is 2.18. The number of hydrogen-bond donors (Lipinski definition) is 0. The lowest BCUT2D eigenvalue weighted by atomic mass is 10.2. The van der Waals surface area contributed by atoms with Gasteiger partial charge in [0.2, 0.25) is 11.7 Å². The zero-order valence-corrected chi connectivity index (χ0v) is 15.8. The monoisotopic (exact) mass is 365 g/mol. The second-order valence-electron chi connectivity index (χ2n) is 6.40. The van der Waals surface area contributed by atoms with Crippen LogP contribution in [-0.4, -0.2) is 34.1 Å². The van der Waals surface area contributed by atoms with Gasteiger partial charge in [0, 0.05) is 12.6 Å². The van der Waals surface area contributed by atoms with Gasteiger partial charge in [-0.15, -0.1) is 0 Å². The largest absolute Gasteiger partial charge is 0.481 e. The Bertz CT molecular complexity index is 875. The van der Waals surface area contributed by atoms with Crippen molar-refractivity contribution in [1.82, 2.24) is 15.0 Å². The Morgan fingerprint density at radius 3 is 2.52 bits per heavy atom. The fraction of sp³-hybridized carbons (Fsp3) is 0.286. The Morgan fingerprint density at radius 1 is 1.15 bits per heavy atom. The maximum absolute atomic E-state index is 12.7. The third-order valence-corrected chi connectivity index (χ3v) is 4.19. The summed E-state index contributed by atoms with van der Waals surface area (Å²) in [6.07, 6.45) is 0.00472. The number of rotatable bonds is 7. The molecule has 3 rings (SSSR count). The lowest BCUT2D eigenvalue weighted by molar-refractivity contribution is -0.138. The predicted octanol–water partition coefficient (Wildman–Crippen LogP) is 3.86. The molecule has 0 aliphatic rings. The minimum atomic E-state index is -0.561. The Balaban J connectivity index is 1.64. The van der Waals surface area contributed by atoms with Gasteiger partial charge in [0.1, 0.15) is 5.75 Å². The molecule has 1 heterocycles. The minimum absolute atomic E-state index is 0.127. The van der Waals surface area contributed by atoms with Gasteiger partial charge in [-0.05, 0) is 25.5 Å². The first-order chi connectivity index (χ1) is 13.1. The standard InChI is InChI=1S/C21H23N3O3/c1-4-18(26-17-12-10-15(2)11-13-17)21(25)24(3)14-19-22-20(23-27-19)16-8-6-5-7-9-16/h5-13,18H,4,14H2,1-3H3/t18-/m1/s1. The van der Waals surface area contributed by atoms with E-state index in [2.05, 4.69) is 10.1 Å². The van der Waals surface area contributed by atoms with Crippen molar-refractivity contribution in [3.05, 3.63) is 66.1 Å². The topological polar surface area (TPSA) is 68.5 Å². The van der Waals surface area contributed by atoms with Crippen LogP contribution >= 0.6 is 0 Å². The SMILES string of the molecule is CC[C@@H](Oc1ccc(C)cc1)C(=O)N(C)Cc1nc(-c2ccccc2)no1. The second kappa shape index (κ2) is 8.49. The highest BCUT2D eigenvalue weighted by Gasteiger charge is 2.24. The lowest BCUT2D eigenvalue weighted by Gasteiger charge is -2.22.